The quantitative estimate of drug-likeness (QED) is 0.560. The van der Waals surface area contributed by atoms with Gasteiger partial charge in [-0.3, -0.25) is 43.5 Å². The lowest BCUT2D eigenvalue weighted by Gasteiger charge is -2.03. The Labute approximate surface area is 159 Å². The van der Waals surface area contributed by atoms with Crippen molar-refractivity contribution < 1.29 is 28.8 Å². The van der Waals surface area contributed by atoms with Gasteiger partial charge >= 0.3 is 0 Å². The predicted molar refractivity (Wildman–Crippen MR) is 98.9 cm³/mol. The fourth-order valence-corrected chi connectivity index (χ4v) is 1.89. The SMILES string of the molecule is C.C.CC1CC(=O)N(C)C1=O.CN1C(=O)C=CC1=O.CN1C(=O)C=CC1=O. The number of likely N-dealkylation sites (N-methyl/N-ethyl adjacent to an activating group) is 2. The number of hydrogen-bond donors (Lipinski definition) is 0. The molecule has 0 aromatic heterocycles. The first kappa shape index (κ1) is 26.1. The number of nitrogens with zero attached hydrogens (tertiary/aromatic N) is 3. The lowest BCUT2D eigenvalue weighted by atomic mass is 10.1. The molecule has 0 spiro atoms. The standard InChI is InChI=1S/C6H9NO2.2C5H5NO2.2CH4/c1-4-3-5(8)7(2)6(4)9;2*1-6-4(7)2-3-5(6)8;;/h4H,3H2,1-2H3;2*2-3H,1H3;2*1H4. The van der Waals surface area contributed by atoms with Gasteiger partial charge in [0.1, 0.15) is 0 Å². The maximum Gasteiger partial charge on any atom is 0.253 e. The van der Waals surface area contributed by atoms with Gasteiger partial charge in [0.05, 0.1) is 0 Å². The topological polar surface area (TPSA) is 112 Å². The monoisotopic (exact) mass is 381 g/mol. The van der Waals surface area contributed by atoms with E-state index < -0.39 is 0 Å². The molecule has 3 aliphatic heterocycles. The van der Waals surface area contributed by atoms with Crippen LogP contribution in [0.15, 0.2) is 24.3 Å². The Morgan fingerprint density at radius 2 is 0.963 bits per heavy atom. The average Bonchev–Trinajstić information content (AvgIpc) is 3.11. The number of amides is 6. The van der Waals surface area contributed by atoms with Gasteiger partial charge in [0.2, 0.25) is 11.8 Å². The van der Waals surface area contributed by atoms with Crippen molar-refractivity contribution in [3.63, 3.8) is 0 Å². The van der Waals surface area contributed by atoms with Gasteiger partial charge in [0.15, 0.2) is 0 Å². The maximum absolute atomic E-state index is 10.8. The fourth-order valence-electron chi connectivity index (χ4n) is 1.89. The van der Waals surface area contributed by atoms with Crippen LogP contribution in [-0.2, 0) is 28.8 Å². The summed E-state index contributed by atoms with van der Waals surface area (Å²) < 4.78 is 0. The Kier molecular flexibility index (Phi) is 10.4. The highest BCUT2D eigenvalue weighted by Crippen LogP contribution is 2.15. The summed E-state index contributed by atoms with van der Waals surface area (Å²) in [4.78, 5) is 66.4. The van der Waals surface area contributed by atoms with Crippen LogP contribution in [-0.4, -0.2) is 71.3 Å². The lowest BCUT2D eigenvalue weighted by molar-refractivity contribution is -0.138. The van der Waals surface area contributed by atoms with Crippen molar-refractivity contribution in [2.75, 3.05) is 21.1 Å². The number of carbonyl (C=O) groups is 6. The Hall–Kier alpha value is -3.10. The molecule has 0 bridgehead atoms. The van der Waals surface area contributed by atoms with E-state index in [0.717, 1.165) is 9.80 Å². The van der Waals surface area contributed by atoms with Crippen LogP contribution < -0.4 is 0 Å². The molecule has 0 saturated carbocycles. The molecule has 3 aliphatic rings. The summed E-state index contributed by atoms with van der Waals surface area (Å²) in [5.41, 5.74) is 0. The first-order valence-electron chi connectivity index (χ1n) is 7.36. The first-order valence-corrected chi connectivity index (χ1v) is 7.36. The van der Waals surface area contributed by atoms with Crippen LogP contribution in [0.2, 0.25) is 0 Å². The molecule has 0 aromatic carbocycles. The van der Waals surface area contributed by atoms with E-state index in [1.54, 1.807) is 6.92 Å². The first-order chi connectivity index (χ1) is 11.6. The molecule has 150 valence electrons. The number of imide groups is 3. The maximum atomic E-state index is 10.8. The normalized spacial score (nSPS) is 20.1. The van der Waals surface area contributed by atoms with Gasteiger partial charge in [-0.2, -0.15) is 0 Å². The van der Waals surface area contributed by atoms with Gasteiger partial charge in [-0.15, -0.1) is 0 Å². The number of hydrogen-bond acceptors (Lipinski definition) is 6. The van der Waals surface area contributed by atoms with Crippen LogP contribution in [0.5, 0.6) is 0 Å². The summed E-state index contributed by atoms with van der Waals surface area (Å²) in [6.07, 6.45) is 5.39. The van der Waals surface area contributed by atoms with Crippen molar-refractivity contribution in [2.24, 2.45) is 5.92 Å². The molecule has 3 rings (SSSR count). The third-order valence-electron chi connectivity index (χ3n) is 3.67. The minimum absolute atomic E-state index is 0. The van der Waals surface area contributed by atoms with Gasteiger partial charge in [0.25, 0.3) is 23.6 Å². The Morgan fingerprint density at radius 3 is 1.04 bits per heavy atom. The van der Waals surface area contributed by atoms with Crippen molar-refractivity contribution in [2.45, 2.75) is 28.2 Å². The van der Waals surface area contributed by atoms with Gasteiger partial charge in [-0.05, 0) is 0 Å². The molecule has 1 saturated heterocycles. The molecule has 6 amide bonds. The zero-order chi connectivity index (χ0) is 19.3. The van der Waals surface area contributed by atoms with Gasteiger partial charge < -0.3 is 0 Å². The van der Waals surface area contributed by atoms with Gasteiger partial charge in [-0.1, -0.05) is 21.8 Å². The van der Waals surface area contributed by atoms with Crippen molar-refractivity contribution in [3.8, 4) is 0 Å². The molecule has 9 heteroatoms. The van der Waals surface area contributed by atoms with E-state index in [4.69, 9.17) is 0 Å². The van der Waals surface area contributed by atoms with Crippen molar-refractivity contribution >= 4 is 35.4 Å². The summed E-state index contributed by atoms with van der Waals surface area (Å²) in [5, 5.41) is 0. The summed E-state index contributed by atoms with van der Waals surface area (Å²) in [7, 11) is 4.42. The lowest BCUT2D eigenvalue weighted by Crippen LogP contribution is -2.24. The van der Waals surface area contributed by atoms with E-state index >= 15 is 0 Å². The minimum Gasteiger partial charge on any atom is -0.286 e. The molecular formula is C18H27N3O6. The molecule has 1 fully saturated rings. The second-order valence-electron chi connectivity index (χ2n) is 5.53. The van der Waals surface area contributed by atoms with Crippen molar-refractivity contribution in [1.29, 1.82) is 0 Å². The highest BCUT2D eigenvalue weighted by Gasteiger charge is 2.32. The smallest absolute Gasteiger partial charge is 0.253 e. The van der Waals surface area contributed by atoms with Gasteiger partial charge in [0, 0.05) is 57.8 Å². The highest BCUT2D eigenvalue weighted by molar-refractivity contribution is 6.13. The van der Waals surface area contributed by atoms with Crippen molar-refractivity contribution in [3.05, 3.63) is 24.3 Å². The molecule has 1 unspecified atom stereocenters. The van der Waals surface area contributed by atoms with E-state index in [2.05, 4.69) is 0 Å². The Balaban J connectivity index is 0. The molecule has 0 radical (unpaired) electrons. The second kappa shape index (κ2) is 10.8. The zero-order valence-corrected chi connectivity index (χ0v) is 14.4. The second-order valence-corrected chi connectivity index (χ2v) is 5.53. The van der Waals surface area contributed by atoms with E-state index in [1.807, 2.05) is 0 Å². The number of likely N-dealkylation sites (tertiary alicyclic amines) is 1. The third kappa shape index (κ3) is 6.61. The minimum atomic E-state index is -0.241. The van der Waals surface area contributed by atoms with Crippen LogP contribution in [0.3, 0.4) is 0 Å². The molecule has 0 aromatic rings. The summed E-state index contributed by atoms with van der Waals surface area (Å²) in [6, 6.07) is 0. The highest BCUT2D eigenvalue weighted by atomic mass is 16.2. The van der Waals surface area contributed by atoms with Crippen LogP contribution in [0.4, 0.5) is 0 Å². The fraction of sp³-hybridized carbons (Fsp3) is 0.444. The van der Waals surface area contributed by atoms with E-state index in [1.165, 1.54) is 50.3 Å². The van der Waals surface area contributed by atoms with Crippen LogP contribution in [0, 0.1) is 5.92 Å². The summed E-state index contributed by atoms with van der Waals surface area (Å²) in [5.74, 6) is -1.18. The number of carbonyl (C=O) groups excluding carboxylic acids is 6. The molecule has 0 aliphatic carbocycles. The summed E-state index contributed by atoms with van der Waals surface area (Å²) in [6.45, 7) is 1.77. The zero-order valence-electron chi connectivity index (χ0n) is 14.4. The Morgan fingerprint density at radius 1 is 0.667 bits per heavy atom. The van der Waals surface area contributed by atoms with E-state index in [9.17, 15) is 28.8 Å². The average molecular weight is 381 g/mol. The molecular weight excluding hydrogens is 354 g/mol. The predicted octanol–water partition coefficient (Wildman–Crippen LogP) is 0.366. The largest absolute Gasteiger partial charge is 0.286 e. The van der Waals surface area contributed by atoms with E-state index in [0.29, 0.717) is 6.42 Å². The van der Waals surface area contributed by atoms with E-state index in [-0.39, 0.29) is 56.2 Å². The Bertz CT molecular complexity index is 619. The number of rotatable bonds is 0. The molecule has 9 nitrogen and oxygen atoms in total. The molecule has 1 atom stereocenters. The van der Waals surface area contributed by atoms with Crippen LogP contribution in [0.25, 0.3) is 0 Å². The van der Waals surface area contributed by atoms with Crippen LogP contribution in [0.1, 0.15) is 28.2 Å². The summed E-state index contributed by atoms with van der Waals surface area (Å²) >= 11 is 0. The molecule has 27 heavy (non-hydrogen) atoms. The van der Waals surface area contributed by atoms with Crippen molar-refractivity contribution in [1.82, 2.24) is 14.7 Å². The van der Waals surface area contributed by atoms with Gasteiger partial charge in [-0.25, -0.2) is 0 Å². The third-order valence-corrected chi connectivity index (χ3v) is 3.67. The van der Waals surface area contributed by atoms with Crippen LogP contribution >= 0.6 is 0 Å². The molecule has 3 heterocycles. The molecule has 0 N–H and O–H groups in total.